The maximum absolute atomic E-state index is 5.85. The van der Waals surface area contributed by atoms with Crippen molar-refractivity contribution in [1.29, 1.82) is 0 Å². The van der Waals surface area contributed by atoms with E-state index in [2.05, 4.69) is 29.0 Å². The van der Waals surface area contributed by atoms with Gasteiger partial charge in [0.05, 0.1) is 5.69 Å². The smallest absolute Gasteiger partial charge is 0.218 e. The summed E-state index contributed by atoms with van der Waals surface area (Å²) in [5.41, 5.74) is 3.07. The first-order valence-corrected chi connectivity index (χ1v) is 6.24. The summed E-state index contributed by atoms with van der Waals surface area (Å²) in [6.07, 6.45) is 2.23. The van der Waals surface area contributed by atoms with E-state index in [1.54, 1.807) is 6.07 Å². The lowest BCUT2D eigenvalue weighted by molar-refractivity contribution is 0.922. The van der Waals surface area contributed by atoms with E-state index >= 15 is 0 Å². The van der Waals surface area contributed by atoms with Crippen LogP contribution in [0.25, 0.3) is 11.3 Å². The van der Waals surface area contributed by atoms with Crippen molar-refractivity contribution in [2.75, 3.05) is 0 Å². The fraction of sp³-hybridized carbons (Fsp3) is 0.231. The second-order valence-electron chi connectivity index (χ2n) is 3.79. The van der Waals surface area contributed by atoms with Gasteiger partial charge in [0.25, 0.3) is 0 Å². The maximum atomic E-state index is 5.85. The van der Waals surface area contributed by atoms with Crippen LogP contribution in [0.15, 0.2) is 30.3 Å². The van der Waals surface area contributed by atoms with E-state index in [0.29, 0.717) is 5.15 Å². The lowest BCUT2D eigenvalue weighted by Crippen LogP contribution is -1.89. The highest BCUT2D eigenvalue weighted by molar-refractivity contribution is 6.32. The lowest BCUT2D eigenvalue weighted by atomic mass is 10.1. The molecule has 0 aliphatic rings. The average molecular weight is 267 g/mol. The zero-order valence-corrected chi connectivity index (χ0v) is 11.0. The number of benzene rings is 1. The Labute approximate surface area is 111 Å². The number of halogens is 2. The van der Waals surface area contributed by atoms with Gasteiger partial charge in [-0.15, -0.1) is 0 Å². The molecule has 2 aromatic rings. The average Bonchev–Trinajstić information content (AvgIpc) is 2.29. The van der Waals surface area contributed by atoms with E-state index in [9.17, 15) is 0 Å². The summed E-state index contributed by atoms with van der Waals surface area (Å²) in [4.78, 5) is 7.98. The van der Waals surface area contributed by atoms with Gasteiger partial charge in [0.1, 0.15) is 5.15 Å². The Balaban J connectivity index is 2.32. The topological polar surface area (TPSA) is 25.8 Å². The molecule has 1 aromatic heterocycles. The summed E-state index contributed by atoms with van der Waals surface area (Å²) in [7, 11) is 0. The van der Waals surface area contributed by atoms with Crippen molar-refractivity contribution in [2.24, 2.45) is 0 Å². The Morgan fingerprint density at radius 1 is 1.06 bits per heavy atom. The van der Waals surface area contributed by atoms with Gasteiger partial charge in [-0.3, -0.25) is 0 Å². The molecule has 0 amide bonds. The summed E-state index contributed by atoms with van der Waals surface area (Å²) in [6, 6.07) is 9.97. The third-order valence-electron chi connectivity index (χ3n) is 2.46. The number of nitrogens with zero attached hydrogens (tertiary/aromatic N) is 2. The Morgan fingerprint density at radius 3 is 2.35 bits per heavy atom. The van der Waals surface area contributed by atoms with Crippen LogP contribution >= 0.6 is 23.2 Å². The Bertz CT molecular complexity index is 489. The minimum Gasteiger partial charge on any atom is -0.218 e. The van der Waals surface area contributed by atoms with E-state index < -0.39 is 0 Å². The van der Waals surface area contributed by atoms with Crippen LogP contribution in [0.3, 0.4) is 0 Å². The molecule has 0 radical (unpaired) electrons. The van der Waals surface area contributed by atoms with Crippen LogP contribution in [0.1, 0.15) is 18.9 Å². The zero-order chi connectivity index (χ0) is 12.3. The second-order valence-corrected chi connectivity index (χ2v) is 4.52. The van der Waals surface area contributed by atoms with Crippen LogP contribution in [-0.4, -0.2) is 9.97 Å². The number of hydrogen-bond acceptors (Lipinski definition) is 2. The van der Waals surface area contributed by atoms with Crippen molar-refractivity contribution in [3.05, 3.63) is 46.3 Å². The highest BCUT2D eigenvalue weighted by atomic mass is 35.5. The molecule has 0 bridgehead atoms. The summed E-state index contributed by atoms with van der Waals surface area (Å²) in [5, 5.41) is 0.530. The minimum atomic E-state index is 0.171. The van der Waals surface area contributed by atoms with Crippen molar-refractivity contribution in [3.63, 3.8) is 0 Å². The number of aromatic nitrogens is 2. The molecular weight excluding hydrogens is 255 g/mol. The highest BCUT2D eigenvalue weighted by Crippen LogP contribution is 2.22. The van der Waals surface area contributed by atoms with E-state index in [4.69, 9.17) is 23.2 Å². The largest absolute Gasteiger partial charge is 0.224 e. The molecule has 0 fully saturated rings. The Hall–Kier alpha value is -1.12. The van der Waals surface area contributed by atoms with Gasteiger partial charge in [-0.25, -0.2) is 9.97 Å². The summed E-state index contributed by atoms with van der Waals surface area (Å²) >= 11 is 11.6. The van der Waals surface area contributed by atoms with Gasteiger partial charge in [0.15, 0.2) is 0 Å². The maximum Gasteiger partial charge on any atom is 0.224 e. The number of aryl methyl sites for hydroxylation is 1. The van der Waals surface area contributed by atoms with Crippen molar-refractivity contribution in [1.82, 2.24) is 9.97 Å². The summed E-state index contributed by atoms with van der Waals surface area (Å²) in [5.74, 6) is 0. The van der Waals surface area contributed by atoms with Crippen molar-refractivity contribution in [3.8, 4) is 11.3 Å². The molecule has 0 unspecified atom stereocenters. The third kappa shape index (κ3) is 3.18. The molecule has 0 N–H and O–H groups in total. The van der Waals surface area contributed by atoms with Gasteiger partial charge in [0.2, 0.25) is 5.28 Å². The van der Waals surface area contributed by atoms with Crippen LogP contribution in [0.4, 0.5) is 0 Å². The van der Waals surface area contributed by atoms with Crippen LogP contribution in [0.2, 0.25) is 10.4 Å². The van der Waals surface area contributed by atoms with Crippen molar-refractivity contribution < 1.29 is 0 Å². The highest BCUT2D eigenvalue weighted by Gasteiger charge is 2.04. The predicted molar refractivity (Wildman–Crippen MR) is 71.5 cm³/mol. The normalized spacial score (nSPS) is 10.5. The molecule has 0 aliphatic carbocycles. The predicted octanol–water partition coefficient (Wildman–Crippen LogP) is 4.40. The monoisotopic (exact) mass is 266 g/mol. The molecule has 0 spiro atoms. The van der Waals surface area contributed by atoms with Crippen molar-refractivity contribution in [2.45, 2.75) is 19.8 Å². The van der Waals surface area contributed by atoms with E-state index in [0.717, 1.165) is 24.1 Å². The van der Waals surface area contributed by atoms with Gasteiger partial charge in [-0.05, 0) is 23.6 Å². The summed E-state index contributed by atoms with van der Waals surface area (Å²) < 4.78 is 0. The lowest BCUT2D eigenvalue weighted by Gasteiger charge is -2.03. The SMILES string of the molecule is CCCc1ccc(-c2cc(Cl)nc(Cl)n2)cc1. The number of rotatable bonds is 3. The van der Waals surface area contributed by atoms with E-state index in [1.165, 1.54) is 5.56 Å². The first-order chi connectivity index (χ1) is 8.19. The quantitative estimate of drug-likeness (QED) is 0.608. The van der Waals surface area contributed by atoms with Gasteiger partial charge in [0, 0.05) is 11.6 Å². The van der Waals surface area contributed by atoms with Gasteiger partial charge >= 0.3 is 0 Å². The van der Waals surface area contributed by atoms with Gasteiger partial charge in [-0.2, -0.15) is 0 Å². The van der Waals surface area contributed by atoms with Crippen LogP contribution < -0.4 is 0 Å². The standard InChI is InChI=1S/C13H12Cl2N2/c1-2-3-9-4-6-10(7-5-9)11-8-12(14)17-13(15)16-11/h4-8H,2-3H2,1H3. The molecular formula is C13H12Cl2N2. The fourth-order valence-electron chi connectivity index (χ4n) is 1.67. The van der Waals surface area contributed by atoms with Crippen LogP contribution in [0.5, 0.6) is 0 Å². The molecule has 0 atom stereocenters. The van der Waals surface area contributed by atoms with Crippen molar-refractivity contribution >= 4 is 23.2 Å². The van der Waals surface area contributed by atoms with E-state index in [-0.39, 0.29) is 5.28 Å². The number of hydrogen-bond donors (Lipinski definition) is 0. The zero-order valence-electron chi connectivity index (χ0n) is 9.45. The molecule has 17 heavy (non-hydrogen) atoms. The first-order valence-electron chi connectivity index (χ1n) is 5.48. The molecule has 0 aliphatic heterocycles. The molecule has 2 rings (SSSR count). The first kappa shape index (κ1) is 12.3. The van der Waals surface area contributed by atoms with E-state index in [1.807, 2.05) is 12.1 Å². The molecule has 1 heterocycles. The molecule has 88 valence electrons. The molecule has 0 saturated heterocycles. The van der Waals surface area contributed by atoms with Gasteiger partial charge in [-0.1, -0.05) is 49.2 Å². The second kappa shape index (κ2) is 5.48. The molecule has 1 aromatic carbocycles. The molecule has 4 heteroatoms. The summed E-state index contributed by atoms with van der Waals surface area (Å²) in [6.45, 7) is 2.16. The Kier molecular flexibility index (Phi) is 3.97. The van der Waals surface area contributed by atoms with Gasteiger partial charge < -0.3 is 0 Å². The third-order valence-corrected chi connectivity index (χ3v) is 2.82. The van der Waals surface area contributed by atoms with Crippen LogP contribution in [0, 0.1) is 0 Å². The fourth-order valence-corrected chi connectivity index (χ4v) is 2.08. The van der Waals surface area contributed by atoms with Crippen LogP contribution in [-0.2, 0) is 6.42 Å². The molecule has 2 nitrogen and oxygen atoms in total. The molecule has 0 saturated carbocycles. The minimum absolute atomic E-state index is 0.171. The Morgan fingerprint density at radius 2 is 1.76 bits per heavy atom.